The molecule has 0 aliphatic carbocycles. The molecule has 0 saturated carbocycles. The predicted octanol–water partition coefficient (Wildman–Crippen LogP) is 4.11. The van der Waals surface area contributed by atoms with E-state index in [9.17, 15) is 9.59 Å². The molecule has 3 heterocycles. The van der Waals surface area contributed by atoms with Crippen molar-refractivity contribution in [2.45, 2.75) is 65.6 Å². The fraction of sp³-hybridized carbons (Fsp3) is 0.435. The van der Waals surface area contributed by atoms with Gasteiger partial charge in [-0.1, -0.05) is 24.8 Å². The molecular formula is C23H27N3O5. The van der Waals surface area contributed by atoms with Crippen molar-refractivity contribution >= 4 is 18.1 Å². The number of benzene rings is 1. The molecule has 164 valence electrons. The van der Waals surface area contributed by atoms with Crippen LogP contribution in [0, 0.1) is 0 Å². The van der Waals surface area contributed by atoms with Gasteiger partial charge in [0.25, 0.3) is 0 Å². The summed E-state index contributed by atoms with van der Waals surface area (Å²) in [4.78, 5) is 26.7. The van der Waals surface area contributed by atoms with Crippen LogP contribution in [0.3, 0.4) is 0 Å². The first kappa shape index (κ1) is 21.0. The lowest BCUT2D eigenvalue weighted by Gasteiger charge is -2.33. The molecule has 8 heteroatoms. The molecule has 1 aromatic heterocycles. The molecule has 1 amide bonds. The number of hydrogen-bond acceptors (Lipinski definition) is 6. The maximum Gasteiger partial charge on any atom is 0.410 e. The van der Waals surface area contributed by atoms with Crippen LogP contribution in [0.4, 0.5) is 4.79 Å². The fourth-order valence-electron chi connectivity index (χ4n) is 3.73. The number of cyclic esters (lactones) is 1. The number of hydrogen-bond donors (Lipinski definition) is 0. The molecule has 0 unspecified atom stereocenters. The van der Waals surface area contributed by atoms with Gasteiger partial charge >= 0.3 is 12.1 Å². The van der Waals surface area contributed by atoms with Gasteiger partial charge in [0, 0.05) is 31.2 Å². The summed E-state index contributed by atoms with van der Waals surface area (Å²) in [6, 6.07) is 3.73. The maximum absolute atomic E-state index is 12.7. The Morgan fingerprint density at radius 3 is 2.68 bits per heavy atom. The Morgan fingerprint density at radius 1 is 1.29 bits per heavy atom. The molecule has 0 radical (unpaired) electrons. The highest BCUT2D eigenvalue weighted by Crippen LogP contribution is 2.37. The number of nitrogens with zero attached hydrogens (tertiary/aromatic N) is 3. The molecule has 4 rings (SSSR count). The number of esters is 1. The van der Waals surface area contributed by atoms with Gasteiger partial charge in [-0.25, -0.2) is 9.59 Å². The number of fused-ring (bicyclic) bond motifs is 2. The van der Waals surface area contributed by atoms with E-state index in [2.05, 4.69) is 11.7 Å². The Labute approximate surface area is 181 Å². The molecule has 0 N–H and O–H groups in total. The zero-order valence-corrected chi connectivity index (χ0v) is 18.5. The van der Waals surface area contributed by atoms with Crippen LogP contribution in [-0.2, 0) is 29.1 Å². The molecule has 8 nitrogen and oxygen atoms in total. The lowest BCUT2D eigenvalue weighted by molar-refractivity contribution is -0.127. The zero-order chi connectivity index (χ0) is 22.6. The van der Waals surface area contributed by atoms with Gasteiger partial charge in [0.2, 0.25) is 5.79 Å². The fourth-order valence-corrected chi connectivity index (χ4v) is 3.73. The SMILES string of the molecule is C=Cc1ccc(Cn2cc3c(n2)CN(C(=O)OC(C)(C)C)C3)c2c1OC(C)(C)OC2=O. The Morgan fingerprint density at radius 2 is 2.03 bits per heavy atom. The van der Waals surface area contributed by atoms with Crippen molar-refractivity contribution in [3.63, 3.8) is 0 Å². The predicted molar refractivity (Wildman–Crippen MR) is 113 cm³/mol. The summed E-state index contributed by atoms with van der Waals surface area (Å²) in [6.07, 6.45) is 3.20. The van der Waals surface area contributed by atoms with Crippen LogP contribution in [0.15, 0.2) is 24.9 Å². The first-order valence-electron chi connectivity index (χ1n) is 10.2. The van der Waals surface area contributed by atoms with Crippen molar-refractivity contribution in [1.29, 1.82) is 0 Å². The third kappa shape index (κ3) is 4.15. The average Bonchev–Trinajstić information content (AvgIpc) is 3.17. The van der Waals surface area contributed by atoms with Crippen molar-refractivity contribution in [2.24, 2.45) is 0 Å². The largest absolute Gasteiger partial charge is 0.451 e. The van der Waals surface area contributed by atoms with Crippen LogP contribution in [0.25, 0.3) is 6.08 Å². The van der Waals surface area contributed by atoms with Crippen molar-refractivity contribution < 1.29 is 23.8 Å². The van der Waals surface area contributed by atoms with Crippen molar-refractivity contribution in [3.8, 4) is 5.75 Å². The summed E-state index contributed by atoms with van der Waals surface area (Å²) in [5.41, 5.74) is 3.11. The van der Waals surface area contributed by atoms with Gasteiger partial charge in [-0.15, -0.1) is 0 Å². The Bertz CT molecular complexity index is 1050. The molecule has 31 heavy (non-hydrogen) atoms. The first-order chi connectivity index (χ1) is 14.5. The monoisotopic (exact) mass is 425 g/mol. The Balaban J connectivity index is 1.56. The molecule has 1 aromatic carbocycles. The van der Waals surface area contributed by atoms with Gasteiger partial charge < -0.3 is 14.2 Å². The Kier molecular flexibility index (Phi) is 4.83. The number of ether oxygens (including phenoxy) is 3. The number of carbonyl (C=O) groups is 2. The summed E-state index contributed by atoms with van der Waals surface area (Å²) >= 11 is 0. The van der Waals surface area contributed by atoms with Crippen LogP contribution >= 0.6 is 0 Å². The topological polar surface area (TPSA) is 82.9 Å². The van der Waals surface area contributed by atoms with Gasteiger partial charge in [-0.2, -0.15) is 5.10 Å². The highest BCUT2D eigenvalue weighted by atomic mass is 16.7. The van der Waals surface area contributed by atoms with E-state index in [4.69, 9.17) is 14.2 Å². The molecule has 0 bridgehead atoms. The van der Waals surface area contributed by atoms with Gasteiger partial charge in [-0.05, 0) is 26.3 Å². The summed E-state index contributed by atoms with van der Waals surface area (Å²) in [5.74, 6) is -0.997. The smallest absolute Gasteiger partial charge is 0.410 e. The average molecular weight is 425 g/mol. The summed E-state index contributed by atoms with van der Waals surface area (Å²) in [6.45, 7) is 13.9. The van der Waals surface area contributed by atoms with E-state index in [1.807, 2.05) is 39.1 Å². The quantitative estimate of drug-likeness (QED) is 0.688. The van der Waals surface area contributed by atoms with Crippen molar-refractivity contribution in [1.82, 2.24) is 14.7 Å². The van der Waals surface area contributed by atoms with Gasteiger partial charge in [0.15, 0.2) is 0 Å². The second-order valence-corrected chi connectivity index (χ2v) is 9.25. The van der Waals surface area contributed by atoms with E-state index < -0.39 is 17.4 Å². The molecule has 0 fully saturated rings. The van der Waals surface area contributed by atoms with Crippen LogP contribution < -0.4 is 4.74 Å². The lowest BCUT2D eigenvalue weighted by atomic mass is 10.0. The standard InChI is InChI=1S/C23H27N3O5/c1-7-14-8-9-15(18-19(14)29-23(5,6)30-20(18)27)11-26-12-16-10-25(13-17(16)24-26)21(28)31-22(2,3)4/h7-9,12H,1,10-11,13H2,2-6H3. The normalized spacial score (nSPS) is 16.8. The third-order valence-electron chi connectivity index (χ3n) is 5.00. The number of amides is 1. The van der Waals surface area contributed by atoms with E-state index in [0.717, 1.165) is 22.4 Å². The van der Waals surface area contributed by atoms with E-state index in [1.165, 1.54) is 0 Å². The second-order valence-electron chi connectivity index (χ2n) is 9.25. The van der Waals surface area contributed by atoms with E-state index >= 15 is 0 Å². The minimum atomic E-state index is -1.04. The lowest BCUT2D eigenvalue weighted by Crippen LogP contribution is -2.39. The van der Waals surface area contributed by atoms with E-state index in [-0.39, 0.29) is 6.09 Å². The van der Waals surface area contributed by atoms with Crippen LogP contribution in [-0.4, -0.2) is 38.1 Å². The zero-order valence-electron chi connectivity index (χ0n) is 18.5. The van der Waals surface area contributed by atoms with Crippen LogP contribution in [0.5, 0.6) is 5.75 Å². The molecular weight excluding hydrogens is 398 g/mol. The molecule has 0 saturated heterocycles. The Hall–Kier alpha value is -3.29. The molecule has 2 aromatic rings. The van der Waals surface area contributed by atoms with Crippen LogP contribution in [0.2, 0.25) is 0 Å². The van der Waals surface area contributed by atoms with E-state index in [1.54, 1.807) is 29.5 Å². The number of aromatic nitrogens is 2. The summed E-state index contributed by atoms with van der Waals surface area (Å²) in [5, 5.41) is 4.61. The highest BCUT2D eigenvalue weighted by Gasteiger charge is 2.37. The molecule has 2 aliphatic heterocycles. The van der Waals surface area contributed by atoms with Crippen molar-refractivity contribution in [2.75, 3.05) is 0 Å². The van der Waals surface area contributed by atoms with Gasteiger partial charge in [-0.3, -0.25) is 9.58 Å². The van der Waals surface area contributed by atoms with Gasteiger partial charge in [0.05, 0.1) is 25.3 Å². The highest BCUT2D eigenvalue weighted by molar-refractivity contribution is 5.96. The molecule has 2 aliphatic rings. The first-order valence-corrected chi connectivity index (χ1v) is 10.2. The summed E-state index contributed by atoms with van der Waals surface area (Å²) in [7, 11) is 0. The number of rotatable bonds is 3. The van der Waals surface area contributed by atoms with Crippen molar-refractivity contribution in [3.05, 3.63) is 52.9 Å². The van der Waals surface area contributed by atoms with E-state index in [0.29, 0.717) is 30.9 Å². The maximum atomic E-state index is 12.7. The minimum Gasteiger partial charge on any atom is -0.451 e. The molecule has 0 spiro atoms. The molecule has 0 atom stereocenters. The second kappa shape index (κ2) is 7.14. The summed E-state index contributed by atoms with van der Waals surface area (Å²) < 4.78 is 18.6. The minimum absolute atomic E-state index is 0.353. The number of carbonyl (C=O) groups excluding carboxylic acids is 2. The van der Waals surface area contributed by atoms with Crippen LogP contribution in [0.1, 0.15) is 67.4 Å². The van der Waals surface area contributed by atoms with Gasteiger partial charge in [0.1, 0.15) is 16.9 Å². The third-order valence-corrected chi connectivity index (χ3v) is 5.00.